The highest BCUT2D eigenvalue weighted by Gasteiger charge is 2.21. The molecule has 26 heavy (non-hydrogen) atoms. The van der Waals surface area contributed by atoms with E-state index in [4.69, 9.17) is 14.5 Å². The van der Waals surface area contributed by atoms with Crippen LogP contribution >= 0.6 is 12.4 Å². The van der Waals surface area contributed by atoms with E-state index in [1.165, 1.54) is 16.8 Å². The van der Waals surface area contributed by atoms with Gasteiger partial charge in [0.2, 0.25) is 5.95 Å². The second-order valence-electron chi connectivity index (χ2n) is 6.55. The number of aromatic nitrogens is 2. The van der Waals surface area contributed by atoms with Crippen LogP contribution in [0, 0.1) is 0 Å². The molecule has 0 atom stereocenters. The Balaban J connectivity index is 0.00000196. The van der Waals surface area contributed by atoms with Crippen LogP contribution in [0.15, 0.2) is 30.5 Å². The highest BCUT2D eigenvalue weighted by Crippen LogP contribution is 2.22. The number of ether oxygens (including phenoxy) is 2. The summed E-state index contributed by atoms with van der Waals surface area (Å²) in [5.41, 5.74) is 3.71. The van der Waals surface area contributed by atoms with Crippen LogP contribution in [0.25, 0.3) is 0 Å². The summed E-state index contributed by atoms with van der Waals surface area (Å²) in [5, 5.41) is 0. The number of benzene rings is 1. The van der Waals surface area contributed by atoms with Gasteiger partial charge in [-0.25, -0.2) is 9.97 Å². The minimum Gasteiger partial charge on any atom is -0.497 e. The van der Waals surface area contributed by atoms with Gasteiger partial charge in [0.1, 0.15) is 5.75 Å². The molecule has 2 aliphatic heterocycles. The number of hydrogen-bond donors (Lipinski definition) is 0. The summed E-state index contributed by atoms with van der Waals surface area (Å²) in [5.74, 6) is 1.76. The summed E-state index contributed by atoms with van der Waals surface area (Å²) in [6, 6.07) is 8.28. The SMILES string of the molecule is COc1cccc(CN2CCc3nc(N4CCOCC4)ncc3C2)c1.Cl. The molecule has 6 nitrogen and oxygen atoms in total. The first-order valence-electron chi connectivity index (χ1n) is 8.84. The molecule has 1 aromatic heterocycles. The Morgan fingerprint density at radius 2 is 2.04 bits per heavy atom. The molecule has 0 aliphatic carbocycles. The Bertz CT molecular complexity index is 737. The highest BCUT2D eigenvalue weighted by atomic mass is 35.5. The largest absolute Gasteiger partial charge is 0.497 e. The van der Waals surface area contributed by atoms with Crippen molar-refractivity contribution in [3.63, 3.8) is 0 Å². The third-order valence-corrected chi connectivity index (χ3v) is 4.83. The standard InChI is InChI=1S/C19H24N4O2.ClH/c1-24-17-4-2-3-15(11-17)13-22-6-5-18-16(14-22)12-20-19(21-18)23-7-9-25-10-8-23;/h2-4,11-12H,5-10,13-14H2,1H3;1H. The van der Waals surface area contributed by atoms with Gasteiger partial charge >= 0.3 is 0 Å². The molecule has 4 rings (SSSR count). The summed E-state index contributed by atoms with van der Waals surface area (Å²) in [6.07, 6.45) is 2.98. The van der Waals surface area contributed by atoms with Crippen molar-refractivity contribution in [2.24, 2.45) is 0 Å². The Morgan fingerprint density at radius 1 is 1.19 bits per heavy atom. The van der Waals surface area contributed by atoms with Crippen LogP contribution < -0.4 is 9.64 Å². The molecule has 0 bridgehead atoms. The lowest BCUT2D eigenvalue weighted by Crippen LogP contribution is -2.38. The lowest BCUT2D eigenvalue weighted by atomic mass is 10.1. The van der Waals surface area contributed by atoms with Crippen molar-refractivity contribution in [1.82, 2.24) is 14.9 Å². The molecule has 1 aromatic carbocycles. The van der Waals surface area contributed by atoms with Crippen LogP contribution in [0.2, 0.25) is 0 Å². The Morgan fingerprint density at radius 3 is 2.85 bits per heavy atom. The summed E-state index contributed by atoms with van der Waals surface area (Å²) in [4.78, 5) is 14.1. The van der Waals surface area contributed by atoms with E-state index in [1.807, 2.05) is 18.3 Å². The third-order valence-electron chi connectivity index (χ3n) is 4.83. The van der Waals surface area contributed by atoms with Crippen LogP contribution in [-0.4, -0.2) is 54.8 Å². The second kappa shape index (κ2) is 8.66. The van der Waals surface area contributed by atoms with Gasteiger partial charge in [-0.3, -0.25) is 4.90 Å². The molecule has 0 amide bonds. The first-order chi connectivity index (χ1) is 12.3. The van der Waals surface area contributed by atoms with E-state index >= 15 is 0 Å². The molecular weight excluding hydrogens is 352 g/mol. The molecule has 0 N–H and O–H groups in total. The summed E-state index contributed by atoms with van der Waals surface area (Å²) < 4.78 is 10.7. The Kier molecular flexibility index (Phi) is 6.29. The average molecular weight is 377 g/mol. The first kappa shape index (κ1) is 18.9. The maximum absolute atomic E-state index is 5.41. The van der Waals surface area contributed by atoms with Crippen LogP contribution in [0.3, 0.4) is 0 Å². The van der Waals surface area contributed by atoms with Crippen molar-refractivity contribution in [3.8, 4) is 5.75 Å². The number of methoxy groups -OCH3 is 1. The van der Waals surface area contributed by atoms with Gasteiger partial charge in [0, 0.05) is 50.9 Å². The van der Waals surface area contributed by atoms with Crippen molar-refractivity contribution in [2.75, 3.05) is 44.9 Å². The minimum atomic E-state index is 0. The van der Waals surface area contributed by atoms with Crippen LogP contribution in [0.5, 0.6) is 5.75 Å². The van der Waals surface area contributed by atoms with E-state index in [-0.39, 0.29) is 12.4 Å². The molecule has 0 spiro atoms. The van der Waals surface area contributed by atoms with Gasteiger partial charge in [-0.15, -0.1) is 12.4 Å². The lowest BCUT2D eigenvalue weighted by Gasteiger charge is -2.30. The van der Waals surface area contributed by atoms with Crippen molar-refractivity contribution in [1.29, 1.82) is 0 Å². The van der Waals surface area contributed by atoms with Crippen LogP contribution in [-0.2, 0) is 24.2 Å². The van der Waals surface area contributed by atoms with E-state index in [0.717, 1.165) is 64.1 Å². The summed E-state index contributed by atoms with van der Waals surface area (Å²) in [7, 11) is 1.71. The number of rotatable bonds is 4. The number of hydrogen-bond acceptors (Lipinski definition) is 6. The Labute approximate surface area is 160 Å². The van der Waals surface area contributed by atoms with Gasteiger partial charge in [-0.05, 0) is 17.7 Å². The molecule has 2 aromatic rings. The van der Waals surface area contributed by atoms with E-state index in [2.05, 4.69) is 26.9 Å². The van der Waals surface area contributed by atoms with E-state index in [0.29, 0.717) is 0 Å². The lowest BCUT2D eigenvalue weighted by molar-refractivity contribution is 0.122. The molecule has 3 heterocycles. The van der Waals surface area contributed by atoms with Crippen molar-refractivity contribution in [3.05, 3.63) is 47.3 Å². The molecule has 1 fully saturated rings. The second-order valence-corrected chi connectivity index (χ2v) is 6.55. The van der Waals surface area contributed by atoms with Gasteiger partial charge < -0.3 is 14.4 Å². The van der Waals surface area contributed by atoms with Gasteiger partial charge in [0.15, 0.2) is 0 Å². The summed E-state index contributed by atoms with van der Waals surface area (Å²) in [6.45, 7) is 6.10. The number of halogens is 1. The van der Waals surface area contributed by atoms with E-state index in [1.54, 1.807) is 7.11 Å². The average Bonchev–Trinajstić information content (AvgIpc) is 2.68. The van der Waals surface area contributed by atoms with Gasteiger partial charge in [0.05, 0.1) is 26.0 Å². The first-order valence-corrected chi connectivity index (χ1v) is 8.84. The molecule has 1 saturated heterocycles. The van der Waals surface area contributed by atoms with Crippen LogP contribution in [0.1, 0.15) is 16.8 Å². The van der Waals surface area contributed by atoms with Crippen molar-refractivity contribution >= 4 is 18.4 Å². The monoisotopic (exact) mass is 376 g/mol. The number of anilines is 1. The van der Waals surface area contributed by atoms with E-state index in [9.17, 15) is 0 Å². The fourth-order valence-corrected chi connectivity index (χ4v) is 3.44. The quantitative estimate of drug-likeness (QED) is 0.816. The third kappa shape index (κ3) is 4.26. The Hall–Kier alpha value is -1.89. The number of nitrogens with zero attached hydrogens (tertiary/aromatic N) is 4. The fourth-order valence-electron chi connectivity index (χ4n) is 3.44. The zero-order chi connectivity index (χ0) is 17.1. The van der Waals surface area contributed by atoms with Crippen molar-refractivity contribution in [2.45, 2.75) is 19.5 Å². The molecular formula is C19H25ClN4O2. The smallest absolute Gasteiger partial charge is 0.225 e. The topological polar surface area (TPSA) is 50.7 Å². The highest BCUT2D eigenvalue weighted by molar-refractivity contribution is 5.85. The zero-order valence-corrected chi connectivity index (χ0v) is 15.9. The normalized spacial score (nSPS) is 17.3. The molecule has 0 saturated carbocycles. The molecule has 0 unspecified atom stereocenters. The maximum Gasteiger partial charge on any atom is 0.225 e. The van der Waals surface area contributed by atoms with Crippen LogP contribution in [0.4, 0.5) is 5.95 Å². The summed E-state index contributed by atoms with van der Waals surface area (Å²) >= 11 is 0. The number of morpholine rings is 1. The van der Waals surface area contributed by atoms with E-state index < -0.39 is 0 Å². The zero-order valence-electron chi connectivity index (χ0n) is 15.1. The van der Waals surface area contributed by atoms with Gasteiger partial charge in [-0.2, -0.15) is 0 Å². The predicted octanol–water partition coefficient (Wildman–Crippen LogP) is 2.30. The minimum absolute atomic E-state index is 0. The number of fused-ring (bicyclic) bond motifs is 1. The molecule has 140 valence electrons. The van der Waals surface area contributed by atoms with Crippen molar-refractivity contribution < 1.29 is 9.47 Å². The predicted molar refractivity (Wildman–Crippen MR) is 103 cm³/mol. The van der Waals surface area contributed by atoms with Gasteiger partial charge in [0.25, 0.3) is 0 Å². The molecule has 0 radical (unpaired) electrons. The maximum atomic E-state index is 5.41. The fraction of sp³-hybridized carbons (Fsp3) is 0.474. The molecule has 2 aliphatic rings. The molecule has 7 heteroatoms. The van der Waals surface area contributed by atoms with Gasteiger partial charge in [-0.1, -0.05) is 12.1 Å².